The zero-order valence-corrected chi connectivity index (χ0v) is 23.4. The summed E-state index contributed by atoms with van der Waals surface area (Å²) in [5, 5.41) is 11.5. The van der Waals surface area contributed by atoms with Gasteiger partial charge in [0.15, 0.2) is 11.5 Å². The topological polar surface area (TPSA) is 90.3 Å². The molecule has 5 rings (SSSR count). The molecule has 0 bridgehead atoms. The lowest BCUT2D eigenvalue weighted by Crippen LogP contribution is -2.31. The Morgan fingerprint density at radius 3 is 2.66 bits per heavy atom. The van der Waals surface area contributed by atoms with Crippen LogP contribution in [-0.2, 0) is 11.4 Å². The van der Waals surface area contributed by atoms with Crippen LogP contribution in [0.1, 0.15) is 24.1 Å². The standard InChI is InChI=1S/C27H22BrCl2N5O3/c1-15-23(26(36)34-18-6-4-3-5-7-18)24(35-27(33-15)31-14-32-35)17-11-19(28)25(22(12-17)37-2)38-13-16-8-9-20(29)21(30)10-16/h3-12,14,24H,13H2,1-2H3,(H,34,36)(H,31,32,33). The zero-order chi connectivity index (χ0) is 26.8. The van der Waals surface area contributed by atoms with Gasteiger partial charge in [-0.2, -0.15) is 10.1 Å². The van der Waals surface area contributed by atoms with E-state index in [9.17, 15) is 4.79 Å². The summed E-state index contributed by atoms with van der Waals surface area (Å²) >= 11 is 15.8. The number of carbonyl (C=O) groups excluding carboxylic acids is 1. The van der Waals surface area contributed by atoms with E-state index < -0.39 is 6.04 Å². The van der Waals surface area contributed by atoms with Crippen LogP contribution in [-0.4, -0.2) is 27.8 Å². The smallest absolute Gasteiger partial charge is 0.255 e. The van der Waals surface area contributed by atoms with E-state index in [2.05, 4.69) is 36.6 Å². The first-order valence-corrected chi connectivity index (χ1v) is 13.1. The summed E-state index contributed by atoms with van der Waals surface area (Å²) < 4.78 is 14.1. The maximum absolute atomic E-state index is 13.6. The van der Waals surface area contributed by atoms with Gasteiger partial charge in [-0.3, -0.25) is 4.79 Å². The summed E-state index contributed by atoms with van der Waals surface area (Å²) in [5.41, 5.74) is 3.44. The van der Waals surface area contributed by atoms with Crippen LogP contribution in [0.4, 0.5) is 11.6 Å². The molecule has 1 aliphatic heterocycles. The number of para-hydroxylation sites is 1. The Morgan fingerprint density at radius 2 is 1.92 bits per heavy atom. The van der Waals surface area contributed by atoms with Gasteiger partial charge < -0.3 is 20.1 Å². The molecule has 1 amide bonds. The number of aromatic nitrogens is 3. The first-order chi connectivity index (χ1) is 18.4. The van der Waals surface area contributed by atoms with Crippen molar-refractivity contribution in [3.63, 3.8) is 0 Å². The molecule has 38 heavy (non-hydrogen) atoms. The lowest BCUT2D eigenvalue weighted by atomic mass is 9.94. The predicted octanol–water partition coefficient (Wildman–Crippen LogP) is 6.86. The van der Waals surface area contributed by atoms with Crippen LogP contribution >= 0.6 is 39.1 Å². The third-order valence-corrected chi connectivity index (χ3v) is 7.33. The van der Waals surface area contributed by atoms with Gasteiger partial charge in [-0.05, 0) is 70.4 Å². The fourth-order valence-electron chi connectivity index (χ4n) is 4.24. The summed E-state index contributed by atoms with van der Waals surface area (Å²) in [4.78, 5) is 17.9. The fourth-order valence-corrected chi connectivity index (χ4v) is 5.13. The molecule has 0 fully saturated rings. The van der Waals surface area contributed by atoms with Crippen LogP contribution in [0.3, 0.4) is 0 Å². The highest BCUT2D eigenvalue weighted by molar-refractivity contribution is 9.10. The molecule has 2 N–H and O–H groups in total. The lowest BCUT2D eigenvalue weighted by Gasteiger charge is -2.29. The molecule has 8 nitrogen and oxygen atoms in total. The molecule has 1 unspecified atom stereocenters. The van der Waals surface area contributed by atoms with Crippen LogP contribution in [0, 0.1) is 0 Å². The van der Waals surface area contributed by atoms with Gasteiger partial charge in [0.2, 0.25) is 5.95 Å². The van der Waals surface area contributed by atoms with Gasteiger partial charge in [0.05, 0.1) is 27.2 Å². The number of amides is 1. The Bertz CT molecular complexity index is 1540. The highest BCUT2D eigenvalue weighted by Gasteiger charge is 2.34. The zero-order valence-electron chi connectivity index (χ0n) is 20.3. The first-order valence-electron chi connectivity index (χ1n) is 11.5. The highest BCUT2D eigenvalue weighted by atomic mass is 79.9. The van der Waals surface area contributed by atoms with Gasteiger partial charge >= 0.3 is 0 Å². The number of carbonyl (C=O) groups is 1. The molecular formula is C27H22BrCl2N5O3. The molecule has 2 heterocycles. The summed E-state index contributed by atoms with van der Waals surface area (Å²) in [5.74, 6) is 1.25. The fraction of sp³-hybridized carbons (Fsp3) is 0.148. The lowest BCUT2D eigenvalue weighted by molar-refractivity contribution is -0.113. The molecule has 0 aliphatic carbocycles. The number of allylic oxidation sites excluding steroid dienone is 1. The Labute approximate surface area is 237 Å². The van der Waals surface area contributed by atoms with E-state index in [1.54, 1.807) is 23.9 Å². The summed E-state index contributed by atoms with van der Waals surface area (Å²) in [6.45, 7) is 2.08. The van der Waals surface area contributed by atoms with Gasteiger partial charge in [0.25, 0.3) is 5.91 Å². The van der Waals surface area contributed by atoms with Crippen molar-refractivity contribution in [3.8, 4) is 11.5 Å². The van der Waals surface area contributed by atoms with Gasteiger partial charge in [-0.25, -0.2) is 4.68 Å². The van der Waals surface area contributed by atoms with E-state index in [4.69, 9.17) is 32.7 Å². The number of rotatable bonds is 7. The van der Waals surface area contributed by atoms with E-state index in [0.29, 0.717) is 48.9 Å². The highest BCUT2D eigenvalue weighted by Crippen LogP contribution is 2.43. The van der Waals surface area contributed by atoms with E-state index in [0.717, 1.165) is 11.1 Å². The molecule has 194 valence electrons. The number of nitrogens with one attached hydrogen (secondary N) is 2. The normalized spacial score (nSPS) is 14.5. The van der Waals surface area contributed by atoms with Crippen LogP contribution in [0.15, 0.2) is 82.7 Å². The van der Waals surface area contributed by atoms with Crippen LogP contribution in [0.5, 0.6) is 11.5 Å². The Hall–Kier alpha value is -3.53. The number of ether oxygens (including phenoxy) is 2. The largest absolute Gasteiger partial charge is 0.493 e. The van der Waals surface area contributed by atoms with E-state index >= 15 is 0 Å². The second-order valence-corrected chi connectivity index (χ2v) is 10.2. The van der Waals surface area contributed by atoms with Crippen molar-refractivity contribution < 1.29 is 14.3 Å². The molecule has 1 aromatic heterocycles. The molecule has 1 aliphatic rings. The van der Waals surface area contributed by atoms with E-state index in [-0.39, 0.29) is 12.5 Å². The summed E-state index contributed by atoms with van der Waals surface area (Å²) in [6, 6.07) is 17.7. The van der Waals surface area contributed by atoms with Crippen LogP contribution in [0.2, 0.25) is 10.0 Å². The molecule has 11 heteroatoms. The van der Waals surface area contributed by atoms with Crippen molar-refractivity contribution >= 4 is 56.7 Å². The predicted molar refractivity (Wildman–Crippen MR) is 151 cm³/mol. The van der Waals surface area contributed by atoms with Crippen LogP contribution < -0.4 is 20.1 Å². The molecule has 0 radical (unpaired) electrons. The second-order valence-electron chi connectivity index (χ2n) is 8.49. The maximum atomic E-state index is 13.6. The third kappa shape index (κ3) is 5.22. The minimum absolute atomic E-state index is 0.246. The minimum Gasteiger partial charge on any atom is -0.493 e. The Kier molecular flexibility index (Phi) is 7.60. The van der Waals surface area contributed by atoms with Crippen molar-refractivity contribution in [2.24, 2.45) is 0 Å². The SMILES string of the molecule is COc1cc(C2C(C(=O)Nc3ccccc3)=C(C)Nc3ncnn32)cc(Br)c1OCc1ccc(Cl)c(Cl)c1. The number of fused-ring (bicyclic) bond motifs is 1. The number of halogens is 3. The number of methoxy groups -OCH3 is 1. The van der Waals surface area contributed by atoms with Crippen molar-refractivity contribution in [2.75, 3.05) is 17.7 Å². The van der Waals surface area contributed by atoms with Gasteiger partial charge in [-0.15, -0.1) is 0 Å². The number of anilines is 2. The summed E-state index contributed by atoms with van der Waals surface area (Å²) in [6.07, 6.45) is 1.45. The molecule has 0 spiro atoms. The number of hydrogen-bond donors (Lipinski definition) is 2. The summed E-state index contributed by atoms with van der Waals surface area (Å²) in [7, 11) is 1.56. The molecule has 0 saturated heterocycles. The van der Waals surface area contributed by atoms with Crippen molar-refractivity contribution in [2.45, 2.75) is 19.6 Å². The average Bonchev–Trinajstić information content (AvgIpc) is 3.37. The Morgan fingerprint density at radius 1 is 1.13 bits per heavy atom. The van der Waals surface area contributed by atoms with Gasteiger partial charge in [-0.1, -0.05) is 47.5 Å². The van der Waals surface area contributed by atoms with Crippen molar-refractivity contribution in [1.82, 2.24) is 14.8 Å². The monoisotopic (exact) mass is 613 g/mol. The van der Waals surface area contributed by atoms with Gasteiger partial charge in [0, 0.05) is 11.4 Å². The molecule has 3 aromatic carbocycles. The number of nitrogens with zero attached hydrogens (tertiary/aromatic N) is 3. The molecule has 1 atom stereocenters. The van der Waals surface area contributed by atoms with Crippen molar-refractivity contribution in [3.05, 3.63) is 104 Å². The minimum atomic E-state index is -0.577. The number of benzene rings is 3. The molecule has 0 saturated carbocycles. The van der Waals surface area contributed by atoms with Crippen LogP contribution in [0.25, 0.3) is 0 Å². The number of hydrogen-bond acceptors (Lipinski definition) is 6. The molecular weight excluding hydrogens is 593 g/mol. The first kappa shape index (κ1) is 26.1. The molecule has 4 aromatic rings. The van der Waals surface area contributed by atoms with E-state index in [1.807, 2.05) is 55.5 Å². The van der Waals surface area contributed by atoms with Crippen molar-refractivity contribution in [1.29, 1.82) is 0 Å². The van der Waals surface area contributed by atoms with Gasteiger partial charge in [0.1, 0.15) is 19.0 Å². The second kappa shape index (κ2) is 11.1. The Balaban J connectivity index is 1.50. The van der Waals surface area contributed by atoms with E-state index in [1.165, 1.54) is 6.33 Å². The third-order valence-electron chi connectivity index (χ3n) is 6.01. The average molecular weight is 615 g/mol. The maximum Gasteiger partial charge on any atom is 0.255 e. The quantitative estimate of drug-likeness (QED) is 0.236.